The topological polar surface area (TPSA) is 99.9 Å². The molecule has 29 heavy (non-hydrogen) atoms. The maximum Gasteiger partial charge on any atom is 0.264 e. The lowest BCUT2D eigenvalue weighted by Gasteiger charge is -2.08. The van der Waals surface area contributed by atoms with E-state index in [1.54, 1.807) is 43.0 Å². The molecule has 0 fully saturated rings. The maximum atomic E-state index is 12.1. The van der Waals surface area contributed by atoms with Crippen molar-refractivity contribution in [1.82, 2.24) is 19.8 Å². The molecule has 1 amide bonds. The van der Waals surface area contributed by atoms with Gasteiger partial charge in [-0.1, -0.05) is 29.5 Å². The van der Waals surface area contributed by atoms with Crippen LogP contribution in [0.5, 0.6) is 17.2 Å². The molecule has 0 aliphatic carbocycles. The molecule has 4 rings (SSSR count). The third-order valence-corrected chi connectivity index (χ3v) is 4.81. The fourth-order valence-electron chi connectivity index (χ4n) is 2.64. The second-order valence-corrected chi connectivity index (χ2v) is 6.80. The van der Waals surface area contributed by atoms with Gasteiger partial charge in [-0.15, -0.1) is 15.3 Å². The molecule has 4 aromatic rings. The van der Waals surface area contributed by atoms with Crippen LogP contribution in [0.3, 0.4) is 0 Å². The number of nitrogens with zero attached hydrogens (tertiary/aromatic N) is 4. The molecule has 0 radical (unpaired) electrons. The van der Waals surface area contributed by atoms with Crippen molar-refractivity contribution < 1.29 is 19.0 Å². The largest absolute Gasteiger partial charge is 0.493 e. The Morgan fingerprint density at radius 1 is 1.07 bits per heavy atom. The van der Waals surface area contributed by atoms with Gasteiger partial charge in [-0.3, -0.25) is 10.1 Å². The van der Waals surface area contributed by atoms with Gasteiger partial charge in [0, 0.05) is 5.56 Å². The van der Waals surface area contributed by atoms with Crippen LogP contribution in [0.25, 0.3) is 16.3 Å². The van der Waals surface area contributed by atoms with E-state index in [9.17, 15) is 4.79 Å². The van der Waals surface area contributed by atoms with Gasteiger partial charge in [-0.25, -0.2) is 0 Å². The molecule has 0 bridgehead atoms. The van der Waals surface area contributed by atoms with E-state index < -0.39 is 0 Å². The highest BCUT2D eigenvalue weighted by Crippen LogP contribution is 2.32. The lowest BCUT2D eigenvalue weighted by Crippen LogP contribution is -2.20. The first kappa shape index (κ1) is 18.7. The Hall–Kier alpha value is -3.66. The third kappa shape index (κ3) is 3.97. The number of aromatic nitrogens is 4. The summed E-state index contributed by atoms with van der Waals surface area (Å²) in [6, 6.07) is 14.5. The minimum atomic E-state index is -0.313. The Labute approximate surface area is 169 Å². The van der Waals surface area contributed by atoms with E-state index in [0.717, 1.165) is 5.56 Å². The lowest BCUT2D eigenvalue weighted by molar-refractivity contribution is -0.118. The predicted octanol–water partition coefficient (Wildman–Crippen LogP) is 2.89. The number of rotatable bonds is 7. The highest BCUT2D eigenvalue weighted by molar-refractivity contribution is 7.20. The van der Waals surface area contributed by atoms with Gasteiger partial charge in [0.2, 0.25) is 10.1 Å². The number of hydrogen-bond donors (Lipinski definition) is 1. The third-order valence-electron chi connectivity index (χ3n) is 3.99. The van der Waals surface area contributed by atoms with E-state index in [0.29, 0.717) is 33.2 Å². The van der Waals surface area contributed by atoms with Crippen LogP contribution in [0, 0.1) is 0 Å². The lowest BCUT2D eigenvalue weighted by atomic mass is 10.2. The summed E-state index contributed by atoms with van der Waals surface area (Å²) in [4.78, 5) is 12.7. The Morgan fingerprint density at radius 3 is 2.62 bits per heavy atom. The van der Waals surface area contributed by atoms with Gasteiger partial charge >= 0.3 is 0 Å². The Bertz CT molecular complexity index is 1140. The van der Waals surface area contributed by atoms with Gasteiger partial charge < -0.3 is 14.2 Å². The SMILES string of the molecule is COc1ccc(-c2nnc3sc(NC(=O)COc4ccccc4)nn23)cc1OC. The minimum Gasteiger partial charge on any atom is -0.493 e. The molecule has 0 saturated heterocycles. The van der Waals surface area contributed by atoms with Crippen LogP contribution >= 0.6 is 11.3 Å². The highest BCUT2D eigenvalue weighted by Gasteiger charge is 2.16. The Kier molecular flexibility index (Phi) is 5.25. The molecule has 9 nitrogen and oxygen atoms in total. The van der Waals surface area contributed by atoms with Crippen LogP contribution in [0.15, 0.2) is 48.5 Å². The van der Waals surface area contributed by atoms with E-state index in [4.69, 9.17) is 14.2 Å². The summed E-state index contributed by atoms with van der Waals surface area (Å²) >= 11 is 1.22. The van der Waals surface area contributed by atoms with Crippen LogP contribution in [-0.4, -0.2) is 46.5 Å². The van der Waals surface area contributed by atoms with E-state index in [1.807, 2.05) is 24.3 Å². The molecule has 0 spiro atoms. The fraction of sp³-hybridized carbons (Fsp3) is 0.158. The van der Waals surface area contributed by atoms with Crippen LogP contribution in [-0.2, 0) is 4.79 Å². The average molecular weight is 411 g/mol. The number of ether oxygens (including phenoxy) is 3. The van der Waals surface area contributed by atoms with E-state index in [2.05, 4.69) is 20.6 Å². The van der Waals surface area contributed by atoms with Crippen molar-refractivity contribution in [2.24, 2.45) is 0 Å². The molecular weight excluding hydrogens is 394 g/mol. The molecule has 1 N–H and O–H groups in total. The molecule has 148 valence electrons. The van der Waals surface area contributed by atoms with Gasteiger partial charge in [0.05, 0.1) is 14.2 Å². The maximum absolute atomic E-state index is 12.1. The Morgan fingerprint density at radius 2 is 1.86 bits per heavy atom. The monoisotopic (exact) mass is 411 g/mol. The van der Waals surface area contributed by atoms with Crippen molar-refractivity contribution in [3.8, 4) is 28.6 Å². The van der Waals surface area contributed by atoms with Crippen LogP contribution in [0.4, 0.5) is 5.13 Å². The van der Waals surface area contributed by atoms with Gasteiger partial charge in [0.1, 0.15) is 5.75 Å². The summed E-state index contributed by atoms with van der Waals surface area (Å²) < 4.78 is 17.6. The van der Waals surface area contributed by atoms with Crippen molar-refractivity contribution in [1.29, 1.82) is 0 Å². The van der Waals surface area contributed by atoms with Crippen LogP contribution in [0.2, 0.25) is 0 Å². The normalized spacial score (nSPS) is 10.7. The summed E-state index contributed by atoms with van der Waals surface area (Å²) in [5.74, 6) is 2.02. The first-order chi connectivity index (χ1) is 14.2. The molecule has 2 aromatic heterocycles. The first-order valence-electron chi connectivity index (χ1n) is 8.60. The number of fused-ring (bicyclic) bond motifs is 1. The molecule has 0 atom stereocenters. The van der Waals surface area contributed by atoms with Crippen molar-refractivity contribution >= 4 is 27.3 Å². The molecule has 2 aromatic carbocycles. The smallest absolute Gasteiger partial charge is 0.264 e. The predicted molar refractivity (Wildman–Crippen MR) is 108 cm³/mol. The van der Waals surface area contributed by atoms with Gasteiger partial charge in [0.25, 0.3) is 5.91 Å². The van der Waals surface area contributed by atoms with Crippen molar-refractivity contribution in [3.05, 3.63) is 48.5 Å². The van der Waals surface area contributed by atoms with Gasteiger partial charge in [0.15, 0.2) is 23.9 Å². The zero-order valence-electron chi connectivity index (χ0n) is 15.7. The number of anilines is 1. The summed E-state index contributed by atoms with van der Waals surface area (Å²) in [7, 11) is 3.14. The van der Waals surface area contributed by atoms with Gasteiger partial charge in [-0.05, 0) is 30.3 Å². The quantitative estimate of drug-likeness (QED) is 0.499. The summed E-state index contributed by atoms with van der Waals surface area (Å²) in [5.41, 5.74) is 0.755. The van der Waals surface area contributed by atoms with Crippen molar-refractivity contribution in [2.45, 2.75) is 0 Å². The van der Waals surface area contributed by atoms with E-state index in [-0.39, 0.29) is 12.5 Å². The summed E-state index contributed by atoms with van der Waals surface area (Å²) in [6.45, 7) is -0.118. The molecule has 0 saturated carbocycles. The molecule has 0 unspecified atom stereocenters. The standard InChI is InChI=1S/C19H17N5O4S/c1-26-14-9-8-12(10-15(14)27-2)17-21-22-19-24(17)23-18(29-19)20-16(25)11-28-13-6-4-3-5-7-13/h3-10H,11H2,1-2H3,(H,20,23,25). The van der Waals surface area contributed by atoms with Crippen molar-refractivity contribution in [3.63, 3.8) is 0 Å². The molecule has 0 aliphatic rings. The number of methoxy groups -OCH3 is 2. The van der Waals surface area contributed by atoms with Crippen LogP contribution < -0.4 is 19.5 Å². The van der Waals surface area contributed by atoms with Crippen molar-refractivity contribution in [2.75, 3.05) is 26.1 Å². The van der Waals surface area contributed by atoms with E-state index in [1.165, 1.54) is 11.3 Å². The summed E-state index contributed by atoms with van der Waals surface area (Å²) in [6.07, 6.45) is 0. The number of amides is 1. The number of carbonyl (C=O) groups excluding carboxylic acids is 1. The average Bonchev–Trinajstić information content (AvgIpc) is 3.32. The highest BCUT2D eigenvalue weighted by atomic mass is 32.1. The first-order valence-corrected chi connectivity index (χ1v) is 9.42. The molecule has 10 heteroatoms. The number of hydrogen-bond acceptors (Lipinski definition) is 8. The zero-order valence-corrected chi connectivity index (χ0v) is 16.5. The fourth-order valence-corrected chi connectivity index (χ4v) is 3.40. The number of carbonyl (C=O) groups is 1. The summed E-state index contributed by atoms with van der Waals surface area (Å²) in [5, 5.41) is 15.8. The van der Waals surface area contributed by atoms with E-state index >= 15 is 0 Å². The second kappa shape index (κ2) is 8.15. The molecular formula is C19H17N5O4S. The van der Waals surface area contributed by atoms with Gasteiger partial charge in [-0.2, -0.15) is 4.52 Å². The number of benzene rings is 2. The number of para-hydroxylation sites is 1. The second-order valence-electron chi connectivity index (χ2n) is 5.84. The Balaban J connectivity index is 1.51. The zero-order chi connectivity index (χ0) is 20.2. The molecule has 2 heterocycles. The molecule has 0 aliphatic heterocycles. The number of nitrogens with one attached hydrogen (secondary N) is 1. The van der Waals surface area contributed by atoms with Crippen LogP contribution in [0.1, 0.15) is 0 Å². The minimum absolute atomic E-state index is 0.118.